The third-order valence-corrected chi connectivity index (χ3v) is 5.08. The number of nitrogens with zero attached hydrogens (tertiary/aromatic N) is 1. The second-order valence-corrected chi connectivity index (χ2v) is 6.52. The van der Waals surface area contributed by atoms with Crippen molar-refractivity contribution < 1.29 is 4.79 Å². The van der Waals surface area contributed by atoms with Crippen molar-refractivity contribution in [2.45, 2.75) is 6.92 Å². The van der Waals surface area contributed by atoms with Crippen LogP contribution in [0.15, 0.2) is 65.5 Å². The zero-order chi connectivity index (χ0) is 16.0. The van der Waals surface area contributed by atoms with Crippen molar-refractivity contribution in [2.75, 3.05) is 0 Å². The van der Waals surface area contributed by atoms with Crippen molar-refractivity contribution in [1.29, 1.82) is 0 Å². The number of aromatic nitrogens is 1. The summed E-state index contributed by atoms with van der Waals surface area (Å²) in [5, 5.41) is 0. The summed E-state index contributed by atoms with van der Waals surface area (Å²) in [5.41, 5.74) is 3.04. The molecule has 2 aromatic carbocycles. The molecular weight excluding hydrogens is 306 g/mol. The minimum absolute atomic E-state index is 0.0611. The summed E-state index contributed by atoms with van der Waals surface area (Å²) in [6.45, 7) is 1.99. The molecule has 23 heavy (non-hydrogen) atoms. The van der Waals surface area contributed by atoms with Crippen LogP contribution in [0.3, 0.4) is 0 Å². The van der Waals surface area contributed by atoms with Gasteiger partial charge in [-0.1, -0.05) is 42.0 Å². The van der Waals surface area contributed by atoms with E-state index in [9.17, 15) is 9.59 Å². The average Bonchev–Trinajstić information content (AvgIpc) is 2.95. The fourth-order valence-electron chi connectivity index (χ4n) is 2.72. The Kier molecular flexibility index (Phi) is 3.13. The number of para-hydroxylation sites is 1. The molecule has 0 radical (unpaired) electrons. The molecule has 4 rings (SSSR count). The van der Waals surface area contributed by atoms with Crippen LogP contribution in [0.2, 0.25) is 0 Å². The van der Waals surface area contributed by atoms with Crippen LogP contribution in [-0.2, 0) is 0 Å². The number of rotatable bonds is 2. The van der Waals surface area contributed by atoms with Gasteiger partial charge >= 0.3 is 0 Å². The smallest absolute Gasteiger partial charge is 0.256 e. The van der Waals surface area contributed by atoms with Crippen LogP contribution >= 0.6 is 11.3 Å². The van der Waals surface area contributed by atoms with E-state index in [1.807, 2.05) is 55.5 Å². The molecule has 0 saturated carbocycles. The van der Waals surface area contributed by atoms with Gasteiger partial charge in [0.05, 0.1) is 15.8 Å². The number of pyridine rings is 1. The second kappa shape index (κ2) is 5.18. The summed E-state index contributed by atoms with van der Waals surface area (Å²) in [5.74, 6) is -0.0611. The summed E-state index contributed by atoms with van der Waals surface area (Å²) < 4.78 is 2.62. The molecule has 112 valence electrons. The first-order valence-corrected chi connectivity index (χ1v) is 8.11. The van der Waals surface area contributed by atoms with Crippen LogP contribution < -0.4 is 5.56 Å². The van der Waals surface area contributed by atoms with Gasteiger partial charge in [-0.2, -0.15) is 0 Å². The zero-order valence-electron chi connectivity index (χ0n) is 12.4. The highest BCUT2D eigenvalue weighted by atomic mass is 32.1. The summed E-state index contributed by atoms with van der Waals surface area (Å²) in [6.07, 6.45) is 0. The highest BCUT2D eigenvalue weighted by Crippen LogP contribution is 2.28. The number of hydrogen-bond acceptors (Lipinski definition) is 3. The first-order valence-electron chi connectivity index (χ1n) is 7.30. The Labute approximate surface area is 136 Å². The molecule has 0 aliphatic rings. The highest BCUT2D eigenvalue weighted by Gasteiger charge is 2.16. The number of ketones is 1. The van der Waals surface area contributed by atoms with E-state index in [-0.39, 0.29) is 11.3 Å². The minimum atomic E-state index is -0.113. The Bertz CT molecular complexity index is 1100. The molecule has 2 heterocycles. The van der Waals surface area contributed by atoms with E-state index in [0.717, 1.165) is 15.8 Å². The molecule has 0 atom stereocenters. The van der Waals surface area contributed by atoms with E-state index in [2.05, 4.69) is 0 Å². The topological polar surface area (TPSA) is 38.5 Å². The van der Waals surface area contributed by atoms with Gasteiger partial charge in [0, 0.05) is 11.6 Å². The predicted molar refractivity (Wildman–Crippen MR) is 93.7 cm³/mol. The molecule has 0 bridgehead atoms. The van der Waals surface area contributed by atoms with Gasteiger partial charge < -0.3 is 0 Å². The standard InChI is InChI=1S/C19H13NO2S/c1-12-6-8-13(9-7-12)18(22)14-10-11-17(21)20-15-4-2-3-5-16(15)23-19(14)20/h2-11H,1H3. The maximum Gasteiger partial charge on any atom is 0.256 e. The van der Waals surface area contributed by atoms with Gasteiger partial charge in [-0.05, 0) is 25.1 Å². The van der Waals surface area contributed by atoms with Gasteiger partial charge in [0.1, 0.15) is 4.83 Å². The maximum absolute atomic E-state index is 12.9. The summed E-state index contributed by atoms with van der Waals surface area (Å²) >= 11 is 1.47. The molecule has 0 aliphatic carbocycles. The van der Waals surface area contributed by atoms with Crippen LogP contribution in [0.1, 0.15) is 21.5 Å². The first-order chi connectivity index (χ1) is 11.1. The molecule has 2 aromatic heterocycles. The Balaban J connectivity index is 2.01. The molecule has 4 heteroatoms. The molecule has 4 aromatic rings. The lowest BCUT2D eigenvalue weighted by atomic mass is 10.0. The molecule has 0 fully saturated rings. The molecule has 0 unspecified atom stereocenters. The van der Waals surface area contributed by atoms with Crippen molar-refractivity contribution in [1.82, 2.24) is 4.40 Å². The second-order valence-electron chi connectivity index (χ2n) is 5.49. The SMILES string of the molecule is Cc1ccc(C(=O)c2ccc(=O)n3c2sc2ccccc23)cc1. The van der Waals surface area contributed by atoms with E-state index >= 15 is 0 Å². The monoisotopic (exact) mass is 319 g/mol. The van der Waals surface area contributed by atoms with Crippen molar-refractivity contribution in [2.24, 2.45) is 0 Å². The minimum Gasteiger partial charge on any atom is -0.288 e. The molecule has 0 aliphatic heterocycles. The largest absolute Gasteiger partial charge is 0.288 e. The molecule has 0 amide bonds. The maximum atomic E-state index is 12.9. The highest BCUT2D eigenvalue weighted by molar-refractivity contribution is 7.24. The van der Waals surface area contributed by atoms with Crippen molar-refractivity contribution >= 4 is 32.2 Å². The molecular formula is C19H13NO2S. The number of thiazole rings is 1. The Morgan fingerprint density at radius 1 is 0.957 bits per heavy atom. The lowest BCUT2D eigenvalue weighted by Crippen LogP contribution is -2.14. The van der Waals surface area contributed by atoms with Gasteiger partial charge in [0.25, 0.3) is 5.56 Å². The van der Waals surface area contributed by atoms with Crippen molar-refractivity contribution in [3.05, 3.63) is 87.7 Å². The number of aryl methyl sites for hydroxylation is 1. The van der Waals surface area contributed by atoms with Crippen LogP contribution in [0, 0.1) is 6.92 Å². The predicted octanol–water partition coefficient (Wildman–Crippen LogP) is 4.05. The summed E-state index contributed by atoms with van der Waals surface area (Å²) in [6, 6.07) is 18.3. The van der Waals surface area contributed by atoms with Gasteiger partial charge in [-0.25, -0.2) is 0 Å². The lowest BCUT2D eigenvalue weighted by Gasteiger charge is -2.04. The van der Waals surface area contributed by atoms with E-state index in [0.29, 0.717) is 16.0 Å². The van der Waals surface area contributed by atoms with Crippen molar-refractivity contribution in [3.8, 4) is 0 Å². The third-order valence-electron chi connectivity index (χ3n) is 3.92. The number of benzene rings is 2. The average molecular weight is 319 g/mol. The third kappa shape index (κ3) is 2.19. The van der Waals surface area contributed by atoms with E-state index in [4.69, 9.17) is 0 Å². The Hall–Kier alpha value is -2.72. The van der Waals surface area contributed by atoms with Gasteiger partial charge in [0.2, 0.25) is 0 Å². The van der Waals surface area contributed by atoms with Gasteiger partial charge in [-0.15, -0.1) is 11.3 Å². The van der Waals surface area contributed by atoms with Crippen LogP contribution in [0.5, 0.6) is 0 Å². The van der Waals surface area contributed by atoms with Crippen LogP contribution in [0.25, 0.3) is 15.0 Å². The quantitative estimate of drug-likeness (QED) is 0.523. The van der Waals surface area contributed by atoms with E-state index in [1.54, 1.807) is 10.5 Å². The van der Waals surface area contributed by atoms with Gasteiger partial charge in [0.15, 0.2) is 5.78 Å². The lowest BCUT2D eigenvalue weighted by molar-refractivity contribution is 0.104. The first kappa shape index (κ1) is 13.9. The molecule has 0 spiro atoms. The summed E-state index contributed by atoms with van der Waals surface area (Å²) in [4.78, 5) is 25.8. The van der Waals surface area contributed by atoms with E-state index in [1.165, 1.54) is 17.4 Å². The normalized spacial score (nSPS) is 11.2. The fourth-order valence-corrected chi connectivity index (χ4v) is 3.88. The van der Waals surface area contributed by atoms with Crippen LogP contribution in [0.4, 0.5) is 0 Å². The fraction of sp³-hybridized carbons (Fsp3) is 0.0526. The summed E-state index contributed by atoms with van der Waals surface area (Å²) in [7, 11) is 0. The van der Waals surface area contributed by atoms with E-state index < -0.39 is 0 Å². The number of fused-ring (bicyclic) bond motifs is 3. The zero-order valence-corrected chi connectivity index (χ0v) is 13.3. The number of carbonyl (C=O) groups excluding carboxylic acids is 1. The Morgan fingerprint density at radius 2 is 1.70 bits per heavy atom. The molecule has 3 nitrogen and oxygen atoms in total. The molecule has 0 saturated heterocycles. The number of carbonyl (C=O) groups is 1. The molecule has 0 N–H and O–H groups in total. The number of hydrogen-bond donors (Lipinski definition) is 0. The Morgan fingerprint density at radius 3 is 2.48 bits per heavy atom. The van der Waals surface area contributed by atoms with Crippen LogP contribution in [-0.4, -0.2) is 10.2 Å². The van der Waals surface area contributed by atoms with Crippen molar-refractivity contribution in [3.63, 3.8) is 0 Å². The van der Waals surface area contributed by atoms with Gasteiger partial charge in [-0.3, -0.25) is 14.0 Å².